The average molecular weight is 472 g/mol. The van der Waals surface area contributed by atoms with Crippen molar-refractivity contribution in [2.45, 2.75) is 19.8 Å². The number of halogens is 1. The van der Waals surface area contributed by atoms with E-state index < -0.39 is 0 Å². The van der Waals surface area contributed by atoms with E-state index in [9.17, 15) is 9.18 Å². The summed E-state index contributed by atoms with van der Waals surface area (Å²) in [5, 5.41) is 10.6. The molecule has 2 N–H and O–H groups in total. The van der Waals surface area contributed by atoms with Gasteiger partial charge in [-0.2, -0.15) is 5.10 Å². The van der Waals surface area contributed by atoms with Gasteiger partial charge in [0.25, 0.3) is 5.91 Å². The zero-order valence-corrected chi connectivity index (χ0v) is 19.6. The van der Waals surface area contributed by atoms with Gasteiger partial charge in [-0.05, 0) is 74.4 Å². The zero-order valence-electron chi connectivity index (χ0n) is 19.6. The Bertz CT molecular complexity index is 1340. The molecule has 2 aromatic carbocycles. The highest BCUT2D eigenvalue weighted by Gasteiger charge is 2.16. The molecular weight excluding hydrogens is 445 g/mol. The van der Waals surface area contributed by atoms with Gasteiger partial charge < -0.3 is 15.5 Å². The topological polar surface area (TPSA) is 88.0 Å². The lowest BCUT2D eigenvalue weighted by atomic mass is 10.1. The Hall–Kier alpha value is -4.27. The first-order valence-electron chi connectivity index (χ1n) is 11.5. The van der Waals surface area contributed by atoms with E-state index in [0.29, 0.717) is 17.1 Å². The van der Waals surface area contributed by atoms with Crippen molar-refractivity contribution in [3.8, 4) is 11.3 Å². The summed E-state index contributed by atoms with van der Waals surface area (Å²) in [5.74, 6) is 1.80. The summed E-state index contributed by atoms with van der Waals surface area (Å²) in [6, 6.07) is 17.1. The van der Waals surface area contributed by atoms with Crippen molar-refractivity contribution in [1.29, 1.82) is 0 Å². The van der Waals surface area contributed by atoms with E-state index in [1.165, 1.54) is 29.7 Å². The Morgan fingerprint density at radius 2 is 1.63 bits per heavy atom. The Morgan fingerprint density at radius 3 is 2.34 bits per heavy atom. The van der Waals surface area contributed by atoms with E-state index in [4.69, 9.17) is 0 Å². The summed E-state index contributed by atoms with van der Waals surface area (Å²) < 4.78 is 14.7. The number of carbonyl (C=O) groups excluding carboxylic acids is 1. The molecule has 0 aliphatic carbocycles. The molecule has 178 valence electrons. The number of aryl methyl sites for hydroxylation is 2. The molecule has 0 spiro atoms. The quantitative estimate of drug-likeness (QED) is 0.415. The fourth-order valence-corrected chi connectivity index (χ4v) is 4.15. The minimum Gasteiger partial charge on any atom is -0.356 e. The molecule has 9 heteroatoms. The van der Waals surface area contributed by atoms with E-state index >= 15 is 0 Å². The molecule has 1 aliphatic rings. The normalized spacial score (nSPS) is 13.2. The monoisotopic (exact) mass is 471 g/mol. The lowest BCUT2D eigenvalue weighted by Crippen LogP contribution is -2.19. The molecule has 1 fully saturated rings. The lowest BCUT2D eigenvalue weighted by Gasteiger charge is -2.18. The van der Waals surface area contributed by atoms with Crippen molar-refractivity contribution in [3.05, 3.63) is 78.0 Å². The number of nitrogens with one attached hydrogen (secondary N) is 2. The third-order valence-corrected chi connectivity index (χ3v) is 5.92. The second kappa shape index (κ2) is 9.54. The Labute approximate surface area is 202 Å². The second-order valence-corrected chi connectivity index (χ2v) is 8.55. The fourth-order valence-electron chi connectivity index (χ4n) is 4.15. The number of amides is 1. The standard InChI is InChI=1S/C26H26FN7O/c1-17-28-24(16-25(29-17)34-13-3-4-14-34)30-20-9-11-21(12-10-20)31-26(35)23-15-22(32-33(23)2)18-5-7-19(27)8-6-18/h5-12,15-16H,3-4,13-14H2,1-2H3,(H,31,35)(H,28,29,30). The molecule has 0 bridgehead atoms. The molecular formula is C26H26FN7O. The minimum atomic E-state index is -0.317. The summed E-state index contributed by atoms with van der Waals surface area (Å²) in [5.41, 5.74) is 3.25. The van der Waals surface area contributed by atoms with Crippen LogP contribution in [0.2, 0.25) is 0 Å². The highest BCUT2D eigenvalue weighted by molar-refractivity contribution is 6.03. The van der Waals surface area contributed by atoms with Crippen LogP contribution < -0.4 is 15.5 Å². The van der Waals surface area contributed by atoms with Gasteiger partial charge in [0.15, 0.2) is 0 Å². The van der Waals surface area contributed by atoms with E-state index in [0.717, 1.165) is 41.8 Å². The van der Waals surface area contributed by atoms with Crippen molar-refractivity contribution in [3.63, 3.8) is 0 Å². The van der Waals surface area contributed by atoms with Crippen LogP contribution in [0, 0.1) is 12.7 Å². The SMILES string of the molecule is Cc1nc(Nc2ccc(NC(=O)c3cc(-c4ccc(F)cc4)nn3C)cc2)cc(N2CCCC2)n1. The largest absolute Gasteiger partial charge is 0.356 e. The molecule has 0 saturated carbocycles. The van der Waals surface area contributed by atoms with Crippen LogP contribution in [-0.2, 0) is 7.05 Å². The van der Waals surface area contributed by atoms with E-state index in [2.05, 4.69) is 30.6 Å². The van der Waals surface area contributed by atoms with Gasteiger partial charge in [0.1, 0.15) is 29.0 Å². The minimum absolute atomic E-state index is 0.282. The molecule has 0 radical (unpaired) electrons. The van der Waals surface area contributed by atoms with Gasteiger partial charge in [-0.25, -0.2) is 14.4 Å². The molecule has 4 aromatic rings. The summed E-state index contributed by atoms with van der Waals surface area (Å²) in [6.07, 6.45) is 2.37. The number of hydrogen-bond donors (Lipinski definition) is 2. The molecule has 5 rings (SSSR count). The van der Waals surface area contributed by atoms with Gasteiger partial charge in [0, 0.05) is 43.1 Å². The smallest absolute Gasteiger partial charge is 0.273 e. The van der Waals surface area contributed by atoms with E-state index in [1.807, 2.05) is 37.3 Å². The maximum atomic E-state index is 13.2. The highest BCUT2D eigenvalue weighted by atomic mass is 19.1. The predicted octanol–water partition coefficient (Wildman–Crippen LogP) is 4.92. The first-order valence-corrected chi connectivity index (χ1v) is 11.5. The first kappa shape index (κ1) is 22.5. The zero-order chi connectivity index (χ0) is 24.4. The number of carbonyl (C=O) groups is 1. The molecule has 2 aromatic heterocycles. The molecule has 1 aliphatic heterocycles. The van der Waals surface area contributed by atoms with Gasteiger partial charge in [0.2, 0.25) is 0 Å². The molecule has 8 nitrogen and oxygen atoms in total. The van der Waals surface area contributed by atoms with Crippen LogP contribution in [0.4, 0.5) is 27.4 Å². The van der Waals surface area contributed by atoms with Crippen molar-refractivity contribution in [1.82, 2.24) is 19.7 Å². The van der Waals surface area contributed by atoms with Crippen LogP contribution in [0.5, 0.6) is 0 Å². The number of anilines is 4. The van der Waals surface area contributed by atoms with Crippen LogP contribution in [0.15, 0.2) is 60.7 Å². The summed E-state index contributed by atoms with van der Waals surface area (Å²) in [6.45, 7) is 3.93. The van der Waals surface area contributed by atoms with Crippen molar-refractivity contribution in [2.75, 3.05) is 28.6 Å². The van der Waals surface area contributed by atoms with Crippen LogP contribution in [-0.4, -0.2) is 38.7 Å². The third kappa shape index (κ3) is 5.13. The van der Waals surface area contributed by atoms with Crippen molar-refractivity contribution >= 4 is 28.9 Å². The van der Waals surface area contributed by atoms with Gasteiger partial charge in [0.05, 0.1) is 5.69 Å². The Kier molecular flexibility index (Phi) is 6.13. The van der Waals surface area contributed by atoms with E-state index in [-0.39, 0.29) is 11.7 Å². The number of rotatable bonds is 6. The molecule has 3 heterocycles. The first-order chi connectivity index (χ1) is 16.9. The van der Waals surface area contributed by atoms with Crippen LogP contribution >= 0.6 is 0 Å². The average Bonchev–Trinajstić information content (AvgIpc) is 3.51. The molecule has 35 heavy (non-hydrogen) atoms. The maximum absolute atomic E-state index is 13.2. The summed E-state index contributed by atoms with van der Waals surface area (Å²) in [7, 11) is 1.70. The van der Waals surface area contributed by atoms with E-state index in [1.54, 1.807) is 25.2 Å². The van der Waals surface area contributed by atoms with Crippen LogP contribution in [0.1, 0.15) is 29.2 Å². The maximum Gasteiger partial charge on any atom is 0.273 e. The van der Waals surface area contributed by atoms with Crippen LogP contribution in [0.25, 0.3) is 11.3 Å². The Morgan fingerprint density at radius 1 is 0.943 bits per heavy atom. The summed E-state index contributed by atoms with van der Waals surface area (Å²) in [4.78, 5) is 24.2. The Balaban J connectivity index is 1.26. The van der Waals surface area contributed by atoms with Gasteiger partial charge in [-0.3, -0.25) is 9.48 Å². The molecule has 1 saturated heterocycles. The second-order valence-electron chi connectivity index (χ2n) is 8.55. The molecule has 1 amide bonds. The predicted molar refractivity (Wildman–Crippen MR) is 134 cm³/mol. The number of hydrogen-bond acceptors (Lipinski definition) is 6. The van der Waals surface area contributed by atoms with Gasteiger partial charge >= 0.3 is 0 Å². The number of nitrogens with zero attached hydrogens (tertiary/aromatic N) is 5. The van der Waals surface area contributed by atoms with Gasteiger partial charge in [-0.1, -0.05) is 0 Å². The van der Waals surface area contributed by atoms with Gasteiger partial charge in [-0.15, -0.1) is 0 Å². The fraction of sp³-hybridized carbons (Fsp3) is 0.231. The van der Waals surface area contributed by atoms with Crippen molar-refractivity contribution < 1.29 is 9.18 Å². The number of benzene rings is 2. The summed E-state index contributed by atoms with van der Waals surface area (Å²) >= 11 is 0. The lowest BCUT2D eigenvalue weighted by molar-refractivity contribution is 0.101. The molecule has 0 unspecified atom stereocenters. The third-order valence-electron chi connectivity index (χ3n) is 5.92. The highest BCUT2D eigenvalue weighted by Crippen LogP contribution is 2.24. The van der Waals surface area contributed by atoms with Crippen molar-refractivity contribution in [2.24, 2.45) is 7.05 Å². The van der Waals surface area contributed by atoms with Crippen LogP contribution in [0.3, 0.4) is 0 Å². The molecule has 0 atom stereocenters. The number of aromatic nitrogens is 4.